The summed E-state index contributed by atoms with van der Waals surface area (Å²) in [5, 5.41) is 1.93. The molecule has 1 aromatic rings. The minimum absolute atomic E-state index is 0. The molecule has 1 radical (unpaired) electrons. The van der Waals surface area contributed by atoms with E-state index in [1.54, 1.807) is 23.0 Å². The third-order valence-electron chi connectivity index (χ3n) is 0.347. The van der Waals surface area contributed by atoms with E-state index in [2.05, 4.69) is 4.98 Å². The molecule has 3 heteroatoms. The number of hydrogen-bond acceptors (Lipinski definition) is 2. The Hall–Kier alpha value is 0.734. The van der Waals surface area contributed by atoms with E-state index >= 15 is 0 Å². The second-order valence-electron chi connectivity index (χ2n) is 0.676. The Morgan fingerprint density at radius 3 is 2.50 bits per heavy atom. The summed E-state index contributed by atoms with van der Waals surface area (Å²) in [5.41, 5.74) is 1.79. The van der Waals surface area contributed by atoms with Gasteiger partial charge in [-0.2, -0.15) is 0 Å². The monoisotopic (exact) mass is 174 g/mol. The van der Waals surface area contributed by atoms with Crippen molar-refractivity contribution in [2.24, 2.45) is 0 Å². The molecular weight excluding hydrogens is 171 g/mol. The Morgan fingerprint density at radius 1 is 1.50 bits per heavy atom. The van der Waals surface area contributed by atoms with E-state index in [1.807, 2.05) is 5.38 Å². The minimum atomic E-state index is 0. The normalized spacial score (nSPS) is 6.67. The molecule has 1 rings (SSSR count). The van der Waals surface area contributed by atoms with Gasteiger partial charge in [-0.25, -0.2) is 0 Å². The van der Waals surface area contributed by atoms with Crippen LogP contribution in [0, 0.1) is 0 Å². The van der Waals surface area contributed by atoms with Gasteiger partial charge in [-0.15, -0.1) is 11.3 Å². The zero-order valence-corrected chi connectivity index (χ0v) is 6.82. The maximum absolute atomic E-state index is 3.74. The second kappa shape index (κ2) is 3.91. The molecule has 0 aliphatic heterocycles. The van der Waals surface area contributed by atoms with E-state index in [1.165, 1.54) is 0 Å². The van der Waals surface area contributed by atoms with Crippen LogP contribution in [0.15, 0.2) is 17.1 Å². The van der Waals surface area contributed by atoms with E-state index in [4.69, 9.17) is 0 Å². The van der Waals surface area contributed by atoms with Crippen molar-refractivity contribution >= 4 is 11.3 Å². The largest absolute Gasteiger partial charge is 0.253 e. The van der Waals surface area contributed by atoms with Gasteiger partial charge in [0.05, 0.1) is 5.51 Å². The van der Waals surface area contributed by atoms with Gasteiger partial charge in [0.15, 0.2) is 0 Å². The van der Waals surface area contributed by atoms with Crippen molar-refractivity contribution in [2.75, 3.05) is 0 Å². The SMILES string of the molecule is [Y].c1cscn1. The first kappa shape index (κ1) is 6.73. The van der Waals surface area contributed by atoms with Crippen molar-refractivity contribution < 1.29 is 32.7 Å². The number of hydrogen-bond donors (Lipinski definition) is 0. The average Bonchev–Trinajstić information content (AvgIpc) is 1.76. The summed E-state index contributed by atoms with van der Waals surface area (Å²) in [6.45, 7) is 0. The molecule has 0 aliphatic rings. The summed E-state index contributed by atoms with van der Waals surface area (Å²) in [6.07, 6.45) is 1.77. The fraction of sp³-hybridized carbons (Fsp3) is 0. The molecule has 1 heterocycles. The summed E-state index contributed by atoms with van der Waals surface area (Å²) in [7, 11) is 0. The van der Waals surface area contributed by atoms with E-state index in [0.29, 0.717) is 0 Å². The maximum Gasteiger partial charge on any atom is 0.0791 e. The Labute approximate surface area is 65.7 Å². The number of nitrogens with zero attached hydrogens (tertiary/aromatic N) is 1. The quantitative estimate of drug-likeness (QED) is 0.574. The molecule has 0 fully saturated rings. The van der Waals surface area contributed by atoms with E-state index in [-0.39, 0.29) is 32.7 Å². The molecule has 1 nitrogen and oxygen atoms in total. The minimum Gasteiger partial charge on any atom is -0.253 e. The Balaban J connectivity index is 0.000000250. The molecule has 0 spiro atoms. The molecule has 0 amide bonds. The van der Waals surface area contributed by atoms with Gasteiger partial charge in [0, 0.05) is 44.3 Å². The first-order chi connectivity index (χ1) is 2.50. The van der Waals surface area contributed by atoms with Gasteiger partial charge < -0.3 is 0 Å². The molecule has 0 bridgehead atoms. The van der Waals surface area contributed by atoms with Crippen molar-refractivity contribution in [3.05, 3.63) is 17.1 Å². The Kier molecular flexibility index (Phi) is 4.39. The van der Waals surface area contributed by atoms with Crippen molar-refractivity contribution in [1.82, 2.24) is 4.98 Å². The van der Waals surface area contributed by atoms with Gasteiger partial charge in [-0.1, -0.05) is 0 Å². The third kappa shape index (κ3) is 2.01. The van der Waals surface area contributed by atoms with Gasteiger partial charge >= 0.3 is 0 Å². The van der Waals surface area contributed by atoms with Crippen molar-refractivity contribution in [3.63, 3.8) is 0 Å². The summed E-state index contributed by atoms with van der Waals surface area (Å²) < 4.78 is 0. The standard InChI is InChI=1S/C3H3NS.Y/c1-2-5-3-4-1;/h1-3H;. The molecule has 0 aliphatic carbocycles. The van der Waals surface area contributed by atoms with Crippen LogP contribution in [0.2, 0.25) is 0 Å². The molecule has 29 valence electrons. The molecule has 6 heavy (non-hydrogen) atoms. The van der Waals surface area contributed by atoms with Crippen LogP contribution < -0.4 is 0 Å². The molecule has 0 atom stereocenters. The van der Waals surface area contributed by atoms with Crippen LogP contribution in [0.3, 0.4) is 0 Å². The summed E-state index contributed by atoms with van der Waals surface area (Å²) in [6, 6.07) is 0. The van der Waals surface area contributed by atoms with Gasteiger partial charge in [-0.3, -0.25) is 4.98 Å². The summed E-state index contributed by atoms with van der Waals surface area (Å²) in [5.74, 6) is 0. The average molecular weight is 174 g/mol. The second-order valence-corrected chi connectivity index (χ2v) is 1.43. The first-order valence-electron chi connectivity index (χ1n) is 1.32. The van der Waals surface area contributed by atoms with Gasteiger partial charge in [0.25, 0.3) is 0 Å². The summed E-state index contributed by atoms with van der Waals surface area (Å²) >= 11 is 1.60. The van der Waals surface area contributed by atoms with Crippen molar-refractivity contribution in [2.45, 2.75) is 0 Å². The zero-order chi connectivity index (χ0) is 3.54. The van der Waals surface area contributed by atoms with Gasteiger partial charge in [-0.05, 0) is 0 Å². The molecule has 0 saturated heterocycles. The van der Waals surface area contributed by atoms with Crippen LogP contribution >= 0.6 is 11.3 Å². The van der Waals surface area contributed by atoms with Crippen LogP contribution in [0.25, 0.3) is 0 Å². The first-order valence-corrected chi connectivity index (χ1v) is 2.26. The molecule has 0 unspecified atom stereocenters. The van der Waals surface area contributed by atoms with Crippen LogP contribution in [0.1, 0.15) is 0 Å². The van der Waals surface area contributed by atoms with E-state index in [9.17, 15) is 0 Å². The number of aromatic nitrogens is 1. The Bertz CT molecular complexity index is 67.3. The van der Waals surface area contributed by atoms with Gasteiger partial charge in [0.2, 0.25) is 0 Å². The predicted molar refractivity (Wildman–Crippen MR) is 22.1 cm³/mol. The van der Waals surface area contributed by atoms with Gasteiger partial charge in [0.1, 0.15) is 0 Å². The molecule has 1 aromatic heterocycles. The molecular formula is C3H3NSY. The van der Waals surface area contributed by atoms with Crippen molar-refractivity contribution in [3.8, 4) is 0 Å². The molecule has 0 saturated carbocycles. The van der Waals surface area contributed by atoms with Crippen LogP contribution in [-0.4, -0.2) is 4.98 Å². The van der Waals surface area contributed by atoms with Crippen LogP contribution in [0.5, 0.6) is 0 Å². The van der Waals surface area contributed by atoms with Crippen LogP contribution in [-0.2, 0) is 32.7 Å². The topological polar surface area (TPSA) is 12.9 Å². The maximum atomic E-state index is 3.74. The smallest absolute Gasteiger partial charge is 0.0791 e. The predicted octanol–water partition coefficient (Wildman–Crippen LogP) is 1.14. The zero-order valence-electron chi connectivity index (χ0n) is 3.16. The van der Waals surface area contributed by atoms with Crippen molar-refractivity contribution in [1.29, 1.82) is 0 Å². The van der Waals surface area contributed by atoms with E-state index < -0.39 is 0 Å². The third-order valence-corrected chi connectivity index (χ3v) is 0.869. The summed E-state index contributed by atoms with van der Waals surface area (Å²) in [4.78, 5) is 3.74. The molecule has 0 N–H and O–H groups in total. The number of thiazole rings is 1. The van der Waals surface area contributed by atoms with Crippen LogP contribution in [0.4, 0.5) is 0 Å². The Morgan fingerprint density at radius 2 is 2.33 bits per heavy atom. The fourth-order valence-corrected chi connectivity index (χ4v) is 0.527. The molecule has 0 aromatic carbocycles. The fourth-order valence-electron chi connectivity index (χ4n) is 0.176. The van der Waals surface area contributed by atoms with E-state index in [0.717, 1.165) is 0 Å². The number of rotatable bonds is 0.